The molecule has 0 spiro atoms. The molecule has 1 aliphatic carbocycles. The number of rotatable bonds is 6. The first kappa shape index (κ1) is 15.0. The summed E-state index contributed by atoms with van der Waals surface area (Å²) in [6, 6.07) is -0.280. The van der Waals surface area contributed by atoms with Gasteiger partial charge in [-0.25, -0.2) is 9.78 Å². The van der Waals surface area contributed by atoms with E-state index < -0.39 is 0 Å². The molecule has 0 unspecified atom stereocenters. The Labute approximate surface area is 133 Å². The van der Waals surface area contributed by atoms with Crippen LogP contribution >= 0.6 is 11.3 Å². The highest BCUT2D eigenvalue weighted by molar-refractivity contribution is 7.15. The molecular formula is C14H20N6OS. The van der Waals surface area contributed by atoms with Crippen LogP contribution in [0.4, 0.5) is 9.93 Å². The highest BCUT2D eigenvalue weighted by Gasteiger charge is 2.27. The van der Waals surface area contributed by atoms with Crippen LogP contribution < -0.4 is 10.6 Å². The van der Waals surface area contributed by atoms with Crippen LogP contribution in [-0.4, -0.2) is 25.8 Å². The average molecular weight is 320 g/mol. The van der Waals surface area contributed by atoms with Crippen molar-refractivity contribution in [2.75, 3.05) is 5.32 Å². The summed E-state index contributed by atoms with van der Waals surface area (Å²) in [5.41, 5.74) is 0. The van der Waals surface area contributed by atoms with Gasteiger partial charge in [-0.1, -0.05) is 25.2 Å². The zero-order chi connectivity index (χ0) is 15.5. The van der Waals surface area contributed by atoms with Crippen molar-refractivity contribution < 1.29 is 4.79 Å². The Morgan fingerprint density at radius 2 is 2.27 bits per heavy atom. The molecule has 3 rings (SSSR count). The number of nitrogens with zero attached hydrogens (tertiary/aromatic N) is 4. The van der Waals surface area contributed by atoms with Gasteiger partial charge in [0.2, 0.25) is 5.13 Å². The molecular weight excluding hydrogens is 300 g/mol. The molecule has 2 N–H and O–H groups in total. The van der Waals surface area contributed by atoms with Gasteiger partial charge >= 0.3 is 6.03 Å². The van der Waals surface area contributed by atoms with Crippen LogP contribution in [0.25, 0.3) is 0 Å². The van der Waals surface area contributed by atoms with Crippen molar-refractivity contribution in [3.63, 3.8) is 0 Å². The first-order chi connectivity index (χ1) is 10.6. The van der Waals surface area contributed by atoms with Crippen LogP contribution in [0.15, 0.2) is 12.4 Å². The second-order valence-corrected chi connectivity index (χ2v) is 6.93. The summed E-state index contributed by atoms with van der Waals surface area (Å²) in [5, 5.41) is 15.2. The Kier molecular flexibility index (Phi) is 4.37. The van der Waals surface area contributed by atoms with E-state index in [2.05, 4.69) is 44.2 Å². The predicted octanol–water partition coefficient (Wildman–Crippen LogP) is 2.59. The minimum absolute atomic E-state index is 0.280. The van der Waals surface area contributed by atoms with Crippen LogP contribution in [0, 0.1) is 5.92 Å². The Morgan fingerprint density at radius 1 is 1.45 bits per heavy atom. The topological polar surface area (TPSA) is 84.7 Å². The van der Waals surface area contributed by atoms with Crippen molar-refractivity contribution >= 4 is 22.5 Å². The normalized spacial score (nSPS) is 14.3. The molecule has 0 atom stereocenters. The van der Waals surface area contributed by atoms with Crippen molar-refractivity contribution in [1.29, 1.82) is 0 Å². The summed E-state index contributed by atoms with van der Waals surface area (Å²) in [5.74, 6) is 1.93. The van der Waals surface area contributed by atoms with Crippen molar-refractivity contribution in [1.82, 2.24) is 25.1 Å². The lowest BCUT2D eigenvalue weighted by molar-refractivity contribution is 0.251. The lowest BCUT2D eigenvalue weighted by Crippen LogP contribution is -2.29. The fraction of sp³-hybridized carbons (Fsp3) is 0.571. The summed E-state index contributed by atoms with van der Waals surface area (Å²) in [7, 11) is 0. The molecule has 0 aromatic carbocycles. The maximum atomic E-state index is 11.9. The van der Waals surface area contributed by atoms with E-state index in [-0.39, 0.29) is 6.03 Å². The van der Waals surface area contributed by atoms with E-state index in [4.69, 9.17) is 0 Å². The Morgan fingerprint density at radius 3 is 3.00 bits per heavy atom. The molecule has 2 aromatic heterocycles. The van der Waals surface area contributed by atoms with Gasteiger partial charge in [0.25, 0.3) is 0 Å². The first-order valence-electron chi connectivity index (χ1n) is 7.50. The highest BCUT2D eigenvalue weighted by atomic mass is 32.1. The molecule has 1 saturated carbocycles. The molecule has 0 aliphatic heterocycles. The van der Waals surface area contributed by atoms with E-state index in [0.717, 1.165) is 17.4 Å². The summed E-state index contributed by atoms with van der Waals surface area (Å²) in [4.78, 5) is 16.2. The zero-order valence-electron chi connectivity index (χ0n) is 12.7. The Hall–Kier alpha value is -1.96. The van der Waals surface area contributed by atoms with Crippen LogP contribution in [-0.2, 0) is 13.1 Å². The summed E-state index contributed by atoms with van der Waals surface area (Å²) >= 11 is 1.45. The quantitative estimate of drug-likeness (QED) is 0.857. The Balaban J connectivity index is 1.50. The Bertz CT molecular complexity index is 645. The summed E-state index contributed by atoms with van der Waals surface area (Å²) < 4.78 is 2.06. The number of anilines is 1. The van der Waals surface area contributed by atoms with Crippen molar-refractivity contribution in [2.24, 2.45) is 5.92 Å². The predicted molar refractivity (Wildman–Crippen MR) is 84.8 cm³/mol. The number of amides is 2. The molecule has 0 bridgehead atoms. The largest absolute Gasteiger partial charge is 0.333 e. The molecule has 118 valence electrons. The molecule has 0 saturated heterocycles. The molecule has 2 heterocycles. The zero-order valence-corrected chi connectivity index (χ0v) is 13.6. The molecule has 22 heavy (non-hydrogen) atoms. The van der Waals surface area contributed by atoms with E-state index in [1.54, 1.807) is 6.20 Å². The molecule has 7 nitrogen and oxygen atoms in total. The second kappa shape index (κ2) is 6.43. The molecule has 1 fully saturated rings. The van der Waals surface area contributed by atoms with Gasteiger partial charge < -0.3 is 9.88 Å². The number of hydrogen-bond acceptors (Lipinski definition) is 5. The van der Waals surface area contributed by atoms with E-state index in [1.807, 2.05) is 6.20 Å². The van der Waals surface area contributed by atoms with Crippen molar-refractivity contribution in [3.05, 3.63) is 23.2 Å². The minimum Gasteiger partial charge on any atom is -0.333 e. The minimum atomic E-state index is -0.280. The monoisotopic (exact) mass is 320 g/mol. The standard InChI is InChI=1S/C14H20N6OS/c1-9(2)8-20-6-5-15-11(20)7-16-13(21)17-14-19-18-12(22-14)10-3-4-10/h5-6,9-10H,3-4,7-8H2,1-2H3,(H2,16,17,19,21). The molecule has 8 heteroatoms. The van der Waals surface area contributed by atoms with E-state index in [1.165, 1.54) is 24.2 Å². The van der Waals surface area contributed by atoms with Gasteiger partial charge in [0, 0.05) is 24.9 Å². The van der Waals surface area contributed by atoms with Gasteiger partial charge in [-0.15, -0.1) is 10.2 Å². The lowest BCUT2D eigenvalue weighted by atomic mass is 10.2. The molecule has 2 amide bonds. The number of nitrogens with one attached hydrogen (secondary N) is 2. The van der Waals surface area contributed by atoms with Crippen molar-refractivity contribution in [3.8, 4) is 0 Å². The lowest BCUT2D eigenvalue weighted by Gasteiger charge is -2.10. The molecule has 2 aromatic rings. The molecule has 0 radical (unpaired) electrons. The van der Waals surface area contributed by atoms with E-state index in [9.17, 15) is 4.79 Å². The highest BCUT2D eigenvalue weighted by Crippen LogP contribution is 2.41. The smallest absolute Gasteiger partial charge is 0.321 e. The third-order valence-corrected chi connectivity index (χ3v) is 4.36. The maximum Gasteiger partial charge on any atom is 0.321 e. The third-order valence-electron chi connectivity index (χ3n) is 3.36. The van der Waals surface area contributed by atoms with Gasteiger partial charge in [-0.2, -0.15) is 0 Å². The van der Waals surface area contributed by atoms with Crippen LogP contribution in [0.2, 0.25) is 0 Å². The molecule has 1 aliphatic rings. The van der Waals surface area contributed by atoms with Crippen LogP contribution in [0.1, 0.15) is 43.4 Å². The van der Waals surface area contributed by atoms with E-state index >= 15 is 0 Å². The van der Waals surface area contributed by atoms with Gasteiger partial charge in [0.1, 0.15) is 10.8 Å². The summed E-state index contributed by atoms with van der Waals surface area (Å²) in [6.07, 6.45) is 6.05. The number of imidazole rings is 1. The first-order valence-corrected chi connectivity index (χ1v) is 8.31. The van der Waals surface area contributed by atoms with E-state index in [0.29, 0.717) is 23.5 Å². The van der Waals surface area contributed by atoms with Gasteiger partial charge in [-0.3, -0.25) is 5.32 Å². The number of urea groups is 1. The average Bonchev–Trinajstić information content (AvgIpc) is 3.06. The fourth-order valence-corrected chi connectivity index (χ4v) is 3.06. The van der Waals surface area contributed by atoms with Crippen LogP contribution in [0.3, 0.4) is 0 Å². The third kappa shape index (κ3) is 3.82. The van der Waals surface area contributed by atoms with Crippen molar-refractivity contribution in [2.45, 2.75) is 45.7 Å². The van der Waals surface area contributed by atoms with Gasteiger partial charge in [0.05, 0.1) is 6.54 Å². The van der Waals surface area contributed by atoms with Gasteiger partial charge in [-0.05, 0) is 18.8 Å². The second-order valence-electron chi connectivity index (χ2n) is 5.92. The number of carbonyl (C=O) groups excluding carboxylic acids is 1. The number of carbonyl (C=O) groups is 1. The fourth-order valence-electron chi connectivity index (χ4n) is 2.15. The number of hydrogen-bond donors (Lipinski definition) is 2. The SMILES string of the molecule is CC(C)Cn1ccnc1CNC(=O)Nc1nnc(C2CC2)s1. The number of aromatic nitrogens is 4. The van der Waals surface area contributed by atoms with Crippen LogP contribution in [0.5, 0.6) is 0 Å². The maximum absolute atomic E-state index is 11.9. The van der Waals surface area contributed by atoms with Gasteiger partial charge in [0.15, 0.2) is 0 Å². The summed E-state index contributed by atoms with van der Waals surface area (Å²) in [6.45, 7) is 5.58.